The molecule has 1 atom stereocenters. The van der Waals surface area contributed by atoms with Gasteiger partial charge in [0, 0.05) is 25.7 Å². The molecule has 0 saturated carbocycles. The van der Waals surface area contributed by atoms with E-state index in [2.05, 4.69) is 34.5 Å². The molecule has 110 valence electrons. The number of hydrogen-bond donors (Lipinski definition) is 2. The van der Waals surface area contributed by atoms with Crippen molar-refractivity contribution < 1.29 is 4.79 Å². The van der Waals surface area contributed by atoms with Crippen molar-refractivity contribution in [3.05, 3.63) is 35.4 Å². The van der Waals surface area contributed by atoms with Crippen LogP contribution in [0.2, 0.25) is 0 Å². The lowest BCUT2D eigenvalue weighted by Gasteiger charge is -2.37. The Labute approximate surface area is 121 Å². The maximum Gasteiger partial charge on any atom is 0.238 e. The summed E-state index contributed by atoms with van der Waals surface area (Å²) in [5, 5.41) is 3.31. The van der Waals surface area contributed by atoms with Gasteiger partial charge in [0.05, 0.1) is 0 Å². The highest BCUT2D eigenvalue weighted by molar-refractivity contribution is 5.84. The highest BCUT2D eigenvalue weighted by atomic mass is 16.1. The highest BCUT2D eigenvalue weighted by Crippen LogP contribution is 2.20. The first-order chi connectivity index (χ1) is 9.40. The molecule has 1 aromatic rings. The highest BCUT2D eigenvalue weighted by Gasteiger charge is 2.34. The van der Waals surface area contributed by atoms with Crippen molar-refractivity contribution in [1.29, 1.82) is 0 Å². The Kier molecular flexibility index (Phi) is 4.45. The number of fused-ring (bicyclic) bond motifs is 1. The molecule has 1 aliphatic rings. The Morgan fingerprint density at radius 1 is 1.40 bits per heavy atom. The van der Waals surface area contributed by atoms with E-state index in [-0.39, 0.29) is 11.9 Å². The summed E-state index contributed by atoms with van der Waals surface area (Å²) in [6.45, 7) is 8.47. The van der Waals surface area contributed by atoms with Gasteiger partial charge in [-0.05, 0) is 38.3 Å². The van der Waals surface area contributed by atoms with E-state index in [9.17, 15) is 4.79 Å². The van der Waals surface area contributed by atoms with Crippen molar-refractivity contribution in [2.45, 2.75) is 45.3 Å². The second-order valence-corrected chi connectivity index (χ2v) is 6.22. The Morgan fingerprint density at radius 2 is 2.05 bits per heavy atom. The van der Waals surface area contributed by atoms with E-state index in [1.807, 2.05) is 20.8 Å². The molecule has 1 unspecified atom stereocenters. The SMILES string of the molecule is CC(C)NC(C)(CN1CCc2ccccc2C1)C(N)=O. The molecule has 0 radical (unpaired) electrons. The number of nitrogens with one attached hydrogen (secondary N) is 1. The van der Waals surface area contributed by atoms with Crippen molar-refractivity contribution in [3.8, 4) is 0 Å². The number of nitrogens with two attached hydrogens (primary N) is 1. The van der Waals surface area contributed by atoms with Crippen LogP contribution in [0.15, 0.2) is 24.3 Å². The normalized spacial score (nSPS) is 18.6. The summed E-state index contributed by atoms with van der Waals surface area (Å²) in [5.74, 6) is -0.287. The lowest BCUT2D eigenvalue weighted by molar-refractivity contribution is -0.125. The average Bonchev–Trinajstić information content (AvgIpc) is 2.37. The molecule has 2 rings (SSSR count). The third-order valence-electron chi connectivity index (χ3n) is 3.90. The van der Waals surface area contributed by atoms with Crippen LogP contribution in [0.3, 0.4) is 0 Å². The summed E-state index contributed by atoms with van der Waals surface area (Å²) < 4.78 is 0. The molecule has 3 N–H and O–H groups in total. The number of carbonyl (C=O) groups is 1. The van der Waals surface area contributed by atoms with Gasteiger partial charge in [0.15, 0.2) is 0 Å². The minimum atomic E-state index is -0.680. The number of carbonyl (C=O) groups excluding carboxylic acids is 1. The third-order valence-corrected chi connectivity index (χ3v) is 3.90. The van der Waals surface area contributed by atoms with Crippen LogP contribution >= 0.6 is 0 Å². The van der Waals surface area contributed by atoms with Crippen LogP contribution in [0, 0.1) is 0 Å². The van der Waals surface area contributed by atoms with Crippen LogP contribution in [-0.2, 0) is 17.8 Å². The molecule has 0 fully saturated rings. The van der Waals surface area contributed by atoms with E-state index in [1.165, 1.54) is 11.1 Å². The number of primary amides is 1. The van der Waals surface area contributed by atoms with E-state index in [0.717, 1.165) is 19.5 Å². The van der Waals surface area contributed by atoms with E-state index in [1.54, 1.807) is 0 Å². The largest absolute Gasteiger partial charge is 0.368 e. The van der Waals surface area contributed by atoms with E-state index < -0.39 is 5.54 Å². The van der Waals surface area contributed by atoms with Gasteiger partial charge in [-0.1, -0.05) is 24.3 Å². The molecule has 0 aromatic heterocycles. The Hall–Kier alpha value is -1.39. The van der Waals surface area contributed by atoms with E-state index in [4.69, 9.17) is 5.73 Å². The third kappa shape index (κ3) is 3.38. The maximum atomic E-state index is 11.8. The first kappa shape index (κ1) is 15.0. The molecule has 0 aliphatic carbocycles. The molecular formula is C16H25N3O. The van der Waals surface area contributed by atoms with Crippen molar-refractivity contribution in [1.82, 2.24) is 10.2 Å². The number of nitrogens with zero attached hydrogens (tertiary/aromatic N) is 1. The number of hydrogen-bond acceptors (Lipinski definition) is 3. The molecule has 1 amide bonds. The Balaban J connectivity index is 2.08. The van der Waals surface area contributed by atoms with Crippen molar-refractivity contribution >= 4 is 5.91 Å². The molecule has 1 aromatic carbocycles. The Bertz CT molecular complexity index is 486. The predicted octanol–water partition coefficient (Wildman–Crippen LogP) is 1.29. The van der Waals surface area contributed by atoms with Crippen LogP contribution in [0.5, 0.6) is 0 Å². The zero-order valence-corrected chi connectivity index (χ0v) is 12.6. The summed E-state index contributed by atoms with van der Waals surface area (Å²) in [6, 6.07) is 8.74. The van der Waals surface area contributed by atoms with Crippen LogP contribution in [-0.4, -0.2) is 35.5 Å². The predicted molar refractivity (Wildman–Crippen MR) is 81.3 cm³/mol. The van der Waals surface area contributed by atoms with Crippen LogP contribution in [0.1, 0.15) is 31.9 Å². The van der Waals surface area contributed by atoms with E-state index >= 15 is 0 Å². The maximum absolute atomic E-state index is 11.8. The molecule has 0 spiro atoms. The van der Waals surface area contributed by atoms with Gasteiger partial charge in [-0.15, -0.1) is 0 Å². The van der Waals surface area contributed by atoms with Crippen LogP contribution in [0.4, 0.5) is 0 Å². The molecular weight excluding hydrogens is 250 g/mol. The zero-order valence-electron chi connectivity index (χ0n) is 12.6. The van der Waals surface area contributed by atoms with Crippen molar-refractivity contribution in [2.75, 3.05) is 13.1 Å². The standard InChI is InChI=1S/C16H25N3O/c1-12(2)18-16(3,15(17)20)11-19-9-8-13-6-4-5-7-14(13)10-19/h4-7,12,18H,8-11H2,1-3H3,(H2,17,20). The quantitative estimate of drug-likeness (QED) is 0.851. The van der Waals surface area contributed by atoms with Gasteiger partial charge >= 0.3 is 0 Å². The van der Waals surface area contributed by atoms with Crippen LogP contribution in [0.25, 0.3) is 0 Å². The number of amides is 1. The summed E-state index contributed by atoms with van der Waals surface area (Å²) in [7, 11) is 0. The summed E-state index contributed by atoms with van der Waals surface area (Å²) in [4.78, 5) is 14.1. The fraction of sp³-hybridized carbons (Fsp3) is 0.562. The Morgan fingerprint density at radius 3 is 2.65 bits per heavy atom. The lowest BCUT2D eigenvalue weighted by Crippen LogP contribution is -2.61. The minimum absolute atomic E-state index is 0.226. The first-order valence-corrected chi connectivity index (χ1v) is 7.27. The monoisotopic (exact) mass is 275 g/mol. The fourth-order valence-corrected chi connectivity index (χ4v) is 2.97. The van der Waals surface area contributed by atoms with Gasteiger partial charge in [-0.2, -0.15) is 0 Å². The summed E-state index contributed by atoms with van der Waals surface area (Å²) >= 11 is 0. The number of rotatable bonds is 5. The van der Waals surface area contributed by atoms with Crippen molar-refractivity contribution in [2.24, 2.45) is 5.73 Å². The molecule has 0 bridgehead atoms. The fourth-order valence-electron chi connectivity index (χ4n) is 2.97. The van der Waals surface area contributed by atoms with Crippen LogP contribution < -0.4 is 11.1 Å². The molecule has 1 heterocycles. The molecule has 4 nitrogen and oxygen atoms in total. The molecule has 0 saturated heterocycles. The molecule has 4 heteroatoms. The lowest BCUT2D eigenvalue weighted by atomic mass is 9.95. The average molecular weight is 275 g/mol. The minimum Gasteiger partial charge on any atom is -0.368 e. The second-order valence-electron chi connectivity index (χ2n) is 6.22. The summed E-state index contributed by atoms with van der Waals surface area (Å²) in [5.41, 5.74) is 7.70. The van der Waals surface area contributed by atoms with Gasteiger partial charge in [-0.25, -0.2) is 0 Å². The topological polar surface area (TPSA) is 58.4 Å². The van der Waals surface area contributed by atoms with E-state index in [0.29, 0.717) is 6.54 Å². The van der Waals surface area contributed by atoms with Gasteiger partial charge < -0.3 is 11.1 Å². The zero-order chi connectivity index (χ0) is 14.8. The van der Waals surface area contributed by atoms with Gasteiger partial charge in [0.2, 0.25) is 5.91 Å². The smallest absolute Gasteiger partial charge is 0.238 e. The second kappa shape index (κ2) is 5.94. The summed E-state index contributed by atoms with van der Waals surface area (Å²) in [6.07, 6.45) is 1.03. The van der Waals surface area contributed by atoms with Gasteiger partial charge in [0.25, 0.3) is 0 Å². The van der Waals surface area contributed by atoms with Crippen molar-refractivity contribution in [3.63, 3.8) is 0 Å². The molecule has 20 heavy (non-hydrogen) atoms. The van der Waals surface area contributed by atoms with Gasteiger partial charge in [-0.3, -0.25) is 9.69 Å². The first-order valence-electron chi connectivity index (χ1n) is 7.27. The number of benzene rings is 1. The van der Waals surface area contributed by atoms with Gasteiger partial charge in [0.1, 0.15) is 5.54 Å². The molecule has 1 aliphatic heterocycles.